The first kappa shape index (κ1) is 13.6. The Bertz CT molecular complexity index is 617. The van der Waals surface area contributed by atoms with E-state index in [0.717, 1.165) is 6.07 Å². The fourth-order valence-electron chi connectivity index (χ4n) is 1.88. The Morgan fingerprint density at radius 2 is 2.20 bits per heavy atom. The number of amides is 2. The van der Waals surface area contributed by atoms with Crippen molar-refractivity contribution in [3.8, 4) is 0 Å². The summed E-state index contributed by atoms with van der Waals surface area (Å²) in [6, 6.07) is 0.988. The van der Waals surface area contributed by atoms with Gasteiger partial charge in [-0.15, -0.1) is 0 Å². The molecule has 1 aliphatic rings. The number of ether oxygens (including phenoxy) is 1. The summed E-state index contributed by atoms with van der Waals surface area (Å²) in [5.41, 5.74) is 0.418. The maximum atomic E-state index is 11.8. The molecule has 0 spiro atoms. The van der Waals surface area contributed by atoms with Crippen LogP contribution in [0.25, 0.3) is 0 Å². The van der Waals surface area contributed by atoms with Gasteiger partial charge in [-0.05, 0) is 13.0 Å². The zero-order chi connectivity index (χ0) is 14.9. The van der Waals surface area contributed by atoms with E-state index < -0.39 is 28.8 Å². The van der Waals surface area contributed by atoms with Gasteiger partial charge in [0.15, 0.2) is 0 Å². The van der Waals surface area contributed by atoms with Crippen LogP contribution in [0.3, 0.4) is 0 Å². The van der Waals surface area contributed by atoms with Gasteiger partial charge in [-0.25, -0.2) is 9.59 Å². The van der Waals surface area contributed by atoms with E-state index in [-0.39, 0.29) is 11.3 Å². The standard InChI is InChI=1S/C11H11N3O6/c1-5-8(10(15)19-2)9(13-11(16)12-5)6-3-4-7(20-6)14(17)18/h3-4,9H,1-2H3,(H2,12,13,16)/t9-/m1/s1. The second-order valence-corrected chi connectivity index (χ2v) is 3.99. The van der Waals surface area contributed by atoms with Gasteiger partial charge < -0.3 is 19.8 Å². The fraction of sp³-hybridized carbons (Fsp3) is 0.273. The molecule has 0 radical (unpaired) electrons. The number of urea groups is 1. The van der Waals surface area contributed by atoms with E-state index in [1.165, 1.54) is 20.1 Å². The topological polar surface area (TPSA) is 124 Å². The van der Waals surface area contributed by atoms with Crippen LogP contribution in [0.2, 0.25) is 0 Å². The SMILES string of the molecule is COC(=O)C1=C(C)NC(=O)N[C@@H]1c1ccc([N+](=O)[O-])o1. The Morgan fingerprint density at radius 1 is 1.50 bits per heavy atom. The molecule has 9 nitrogen and oxygen atoms in total. The number of carbonyl (C=O) groups excluding carboxylic acids is 2. The first-order valence-electron chi connectivity index (χ1n) is 5.54. The van der Waals surface area contributed by atoms with E-state index in [1.54, 1.807) is 0 Å². The van der Waals surface area contributed by atoms with Crippen molar-refractivity contribution in [2.75, 3.05) is 7.11 Å². The lowest BCUT2D eigenvalue weighted by atomic mass is 10.0. The molecular formula is C11H11N3O6. The van der Waals surface area contributed by atoms with Crippen LogP contribution in [-0.4, -0.2) is 24.0 Å². The molecule has 0 saturated heterocycles. The maximum absolute atomic E-state index is 11.8. The van der Waals surface area contributed by atoms with Gasteiger partial charge in [0.1, 0.15) is 16.7 Å². The molecule has 1 aliphatic heterocycles. The molecule has 1 atom stereocenters. The number of furan rings is 1. The Kier molecular flexibility index (Phi) is 3.42. The molecule has 1 aromatic rings. The first-order chi connectivity index (χ1) is 9.43. The molecule has 0 unspecified atom stereocenters. The van der Waals surface area contributed by atoms with Crippen molar-refractivity contribution < 1.29 is 23.7 Å². The normalized spacial score (nSPS) is 18.3. The minimum Gasteiger partial charge on any atom is -0.466 e. The molecule has 0 saturated carbocycles. The lowest BCUT2D eigenvalue weighted by Crippen LogP contribution is -2.45. The molecule has 106 valence electrons. The second-order valence-electron chi connectivity index (χ2n) is 3.99. The molecule has 2 amide bonds. The molecule has 0 bridgehead atoms. The van der Waals surface area contributed by atoms with E-state index in [0.29, 0.717) is 5.70 Å². The largest absolute Gasteiger partial charge is 0.466 e. The molecule has 0 aliphatic carbocycles. The maximum Gasteiger partial charge on any atom is 0.433 e. The summed E-state index contributed by atoms with van der Waals surface area (Å²) in [6.07, 6.45) is 0. The number of esters is 1. The number of allylic oxidation sites excluding steroid dienone is 1. The lowest BCUT2D eigenvalue weighted by Gasteiger charge is -2.25. The fourth-order valence-corrected chi connectivity index (χ4v) is 1.88. The van der Waals surface area contributed by atoms with Crippen LogP contribution in [0.15, 0.2) is 27.8 Å². The Morgan fingerprint density at radius 3 is 2.75 bits per heavy atom. The second kappa shape index (κ2) is 5.03. The van der Waals surface area contributed by atoms with Crippen LogP contribution in [0.5, 0.6) is 0 Å². The van der Waals surface area contributed by atoms with Crippen molar-refractivity contribution in [2.45, 2.75) is 13.0 Å². The molecule has 2 rings (SSSR count). The highest BCUT2D eigenvalue weighted by atomic mass is 16.6. The lowest BCUT2D eigenvalue weighted by molar-refractivity contribution is -0.402. The number of methoxy groups -OCH3 is 1. The molecule has 1 aromatic heterocycles. The molecule has 2 heterocycles. The van der Waals surface area contributed by atoms with Crippen molar-refractivity contribution >= 4 is 17.9 Å². The van der Waals surface area contributed by atoms with Gasteiger partial charge in [-0.1, -0.05) is 0 Å². The van der Waals surface area contributed by atoms with Crippen LogP contribution >= 0.6 is 0 Å². The van der Waals surface area contributed by atoms with Crippen LogP contribution in [0.1, 0.15) is 18.7 Å². The van der Waals surface area contributed by atoms with E-state index in [2.05, 4.69) is 15.4 Å². The van der Waals surface area contributed by atoms with Gasteiger partial charge in [0.2, 0.25) is 0 Å². The highest BCUT2D eigenvalue weighted by Crippen LogP contribution is 2.30. The van der Waals surface area contributed by atoms with E-state index >= 15 is 0 Å². The van der Waals surface area contributed by atoms with Gasteiger partial charge in [-0.2, -0.15) is 0 Å². The number of rotatable bonds is 3. The highest BCUT2D eigenvalue weighted by molar-refractivity contribution is 5.94. The summed E-state index contributed by atoms with van der Waals surface area (Å²) < 4.78 is 9.66. The molecule has 9 heteroatoms. The minimum absolute atomic E-state index is 0.0753. The zero-order valence-electron chi connectivity index (χ0n) is 10.6. The summed E-state index contributed by atoms with van der Waals surface area (Å²) >= 11 is 0. The molecular weight excluding hydrogens is 270 g/mol. The third-order valence-corrected chi connectivity index (χ3v) is 2.75. The third-order valence-electron chi connectivity index (χ3n) is 2.75. The van der Waals surface area contributed by atoms with Crippen molar-refractivity contribution in [2.24, 2.45) is 0 Å². The van der Waals surface area contributed by atoms with Gasteiger partial charge in [-0.3, -0.25) is 10.1 Å². The molecule has 0 fully saturated rings. The highest BCUT2D eigenvalue weighted by Gasteiger charge is 2.34. The summed E-state index contributed by atoms with van der Waals surface area (Å²) in [5.74, 6) is -1.07. The molecule has 2 N–H and O–H groups in total. The Hall–Kier alpha value is -2.84. The third kappa shape index (κ3) is 2.32. The van der Waals surface area contributed by atoms with E-state index in [9.17, 15) is 19.7 Å². The zero-order valence-corrected chi connectivity index (χ0v) is 10.6. The van der Waals surface area contributed by atoms with Crippen molar-refractivity contribution in [3.63, 3.8) is 0 Å². The van der Waals surface area contributed by atoms with Gasteiger partial charge in [0, 0.05) is 5.70 Å². The average Bonchev–Trinajstić information content (AvgIpc) is 2.86. The number of nitrogens with one attached hydrogen (secondary N) is 2. The predicted molar refractivity (Wildman–Crippen MR) is 64.5 cm³/mol. The molecule has 20 heavy (non-hydrogen) atoms. The average molecular weight is 281 g/mol. The summed E-state index contributed by atoms with van der Waals surface area (Å²) in [4.78, 5) is 33.1. The first-order valence-corrected chi connectivity index (χ1v) is 5.54. The Labute approximate surface area is 112 Å². The van der Waals surface area contributed by atoms with Gasteiger partial charge in [0.05, 0.1) is 18.7 Å². The van der Waals surface area contributed by atoms with Gasteiger partial charge >= 0.3 is 17.9 Å². The molecule has 0 aromatic carbocycles. The minimum atomic E-state index is -0.940. The number of nitro groups is 1. The van der Waals surface area contributed by atoms with Gasteiger partial charge in [0.25, 0.3) is 0 Å². The van der Waals surface area contributed by atoms with Crippen LogP contribution < -0.4 is 10.6 Å². The number of hydrogen-bond donors (Lipinski definition) is 2. The predicted octanol–water partition coefficient (Wildman–Crippen LogP) is 0.989. The van der Waals surface area contributed by atoms with Crippen LogP contribution in [0.4, 0.5) is 10.7 Å². The Balaban J connectivity index is 2.45. The monoisotopic (exact) mass is 281 g/mol. The van der Waals surface area contributed by atoms with E-state index in [4.69, 9.17) is 4.42 Å². The number of hydrogen-bond acceptors (Lipinski definition) is 6. The van der Waals surface area contributed by atoms with Crippen molar-refractivity contribution in [1.82, 2.24) is 10.6 Å². The smallest absolute Gasteiger partial charge is 0.433 e. The summed E-state index contributed by atoms with van der Waals surface area (Å²) in [6.45, 7) is 1.52. The van der Waals surface area contributed by atoms with Crippen LogP contribution in [0, 0.1) is 10.1 Å². The number of nitrogens with zero attached hydrogens (tertiary/aromatic N) is 1. The summed E-state index contributed by atoms with van der Waals surface area (Å²) in [5, 5.41) is 15.5. The van der Waals surface area contributed by atoms with Crippen molar-refractivity contribution in [3.05, 3.63) is 39.3 Å². The summed E-state index contributed by atoms with van der Waals surface area (Å²) in [7, 11) is 1.20. The quantitative estimate of drug-likeness (QED) is 0.483. The van der Waals surface area contributed by atoms with Crippen molar-refractivity contribution in [1.29, 1.82) is 0 Å². The van der Waals surface area contributed by atoms with Crippen LogP contribution in [-0.2, 0) is 9.53 Å². The number of carbonyl (C=O) groups is 2. The van der Waals surface area contributed by atoms with E-state index in [1.807, 2.05) is 0 Å².